The lowest BCUT2D eigenvalue weighted by atomic mass is 10.0. The number of anilines is 1. The zero-order valence-corrected chi connectivity index (χ0v) is 10.6. The average Bonchev–Trinajstić information content (AvgIpc) is 3.09. The molecule has 6 heteroatoms. The monoisotopic (exact) mass is 263 g/mol. The molecule has 0 aromatic carbocycles. The number of H-pyrrole nitrogens is 1. The largest absolute Gasteiger partial charge is 0.481 e. The number of nitrogens with one attached hydrogen (secondary N) is 2. The summed E-state index contributed by atoms with van der Waals surface area (Å²) in [6.45, 7) is 0. The maximum Gasteiger partial charge on any atom is 0.308 e. The fraction of sp³-hybridized carbons (Fsp3) is 0.615. The minimum atomic E-state index is -0.776. The first-order chi connectivity index (χ1) is 9.13. The van der Waals surface area contributed by atoms with E-state index < -0.39 is 5.97 Å². The highest BCUT2D eigenvalue weighted by Gasteiger charge is 2.33. The third-order valence-electron chi connectivity index (χ3n) is 3.89. The molecule has 3 N–H and O–H groups in total. The van der Waals surface area contributed by atoms with Crippen LogP contribution in [0, 0.1) is 5.92 Å². The first-order valence-electron chi connectivity index (χ1n) is 6.74. The minimum absolute atomic E-state index is 0.126. The van der Waals surface area contributed by atoms with Gasteiger partial charge in [-0.3, -0.25) is 9.59 Å². The summed E-state index contributed by atoms with van der Waals surface area (Å²) >= 11 is 0. The van der Waals surface area contributed by atoms with Gasteiger partial charge in [-0.05, 0) is 25.7 Å². The maximum atomic E-state index is 11.6. The second-order valence-corrected chi connectivity index (χ2v) is 5.42. The topological polar surface area (TPSA) is 95.1 Å². The van der Waals surface area contributed by atoms with Gasteiger partial charge < -0.3 is 15.4 Å². The zero-order chi connectivity index (χ0) is 13.4. The second kappa shape index (κ2) is 4.68. The molecule has 2 aliphatic carbocycles. The molecular weight excluding hydrogens is 246 g/mol. The van der Waals surface area contributed by atoms with Crippen molar-refractivity contribution < 1.29 is 9.90 Å². The molecule has 2 unspecified atom stereocenters. The van der Waals surface area contributed by atoms with Crippen LogP contribution < -0.4 is 10.9 Å². The highest BCUT2D eigenvalue weighted by Crippen LogP contribution is 2.38. The van der Waals surface area contributed by atoms with Gasteiger partial charge in [-0.15, -0.1) is 0 Å². The van der Waals surface area contributed by atoms with Crippen molar-refractivity contribution in [1.82, 2.24) is 9.97 Å². The van der Waals surface area contributed by atoms with Crippen LogP contribution in [0.4, 0.5) is 5.82 Å². The van der Waals surface area contributed by atoms with E-state index in [-0.39, 0.29) is 17.5 Å². The Labute approximate surface area is 110 Å². The third kappa shape index (κ3) is 2.62. The van der Waals surface area contributed by atoms with Crippen molar-refractivity contribution in [1.29, 1.82) is 0 Å². The summed E-state index contributed by atoms with van der Waals surface area (Å²) in [5.74, 6) is 0.435. The summed E-state index contributed by atoms with van der Waals surface area (Å²) in [5.41, 5.74) is -0.177. The van der Waals surface area contributed by atoms with Gasteiger partial charge in [-0.25, -0.2) is 4.98 Å². The summed E-state index contributed by atoms with van der Waals surface area (Å²) in [5, 5.41) is 12.3. The van der Waals surface area contributed by atoms with Crippen molar-refractivity contribution in [2.45, 2.75) is 44.1 Å². The van der Waals surface area contributed by atoms with E-state index in [1.807, 2.05) is 0 Å². The molecule has 1 heterocycles. The fourth-order valence-corrected chi connectivity index (χ4v) is 2.72. The number of hydrogen-bond donors (Lipinski definition) is 3. The van der Waals surface area contributed by atoms with Crippen molar-refractivity contribution >= 4 is 11.8 Å². The van der Waals surface area contributed by atoms with E-state index >= 15 is 0 Å². The Morgan fingerprint density at radius 1 is 1.37 bits per heavy atom. The Morgan fingerprint density at radius 3 is 2.84 bits per heavy atom. The predicted octanol–water partition coefficient (Wildman–Crippen LogP) is 1.31. The smallest absolute Gasteiger partial charge is 0.308 e. The number of aliphatic carboxylic acids is 1. The SMILES string of the molecule is O=C(O)C1CCCC1Nc1cc(=O)[nH]c(C2CC2)n1. The normalized spacial score (nSPS) is 26.3. The van der Waals surface area contributed by atoms with E-state index in [9.17, 15) is 9.59 Å². The molecule has 19 heavy (non-hydrogen) atoms. The van der Waals surface area contributed by atoms with Crippen molar-refractivity contribution in [2.75, 3.05) is 5.32 Å². The Morgan fingerprint density at radius 2 is 2.16 bits per heavy atom. The number of carboxylic acid groups (broad SMARTS) is 1. The van der Waals surface area contributed by atoms with Crippen molar-refractivity contribution in [2.24, 2.45) is 5.92 Å². The van der Waals surface area contributed by atoms with Crippen LogP contribution in [0.3, 0.4) is 0 Å². The molecule has 3 rings (SSSR count). The molecular formula is C13H17N3O3. The molecule has 2 fully saturated rings. The lowest BCUT2D eigenvalue weighted by molar-refractivity contribution is -0.141. The van der Waals surface area contributed by atoms with Crippen molar-refractivity contribution in [3.63, 3.8) is 0 Å². The Bertz CT molecular complexity index is 550. The number of carboxylic acids is 1. The molecule has 2 saturated carbocycles. The standard InChI is InChI=1S/C13H17N3O3/c17-11-6-10(15-12(16-11)7-4-5-7)14-9-3-1-2-8(9)13(18)19/h6-9H,1-5H2,(H,18,19)(H2,14,15,16,17). The number of nitrogens with zero attached hydrogens (tertiary/aromatic N) is 1. The first-order valence-corrected chi connectivity index (χ1v) is 6.74. The van der Waals surface area contributed by atoms with Gasteiger partial charge in [0.25, 0.3) is 5.56 Å². The molecule has 0 amide bonds. The lowest BCUT2D eigenvalue weighted by Crippen LogP contribution is -2.30. The number of carbonyl (C=O) groups is 1. The van der Waals surface area contributed by atoms with Crippen molar-refractivity contribution in [3.8, 4) is 0 Å². The van der Waals surface area contributed by atoms with Gasteiger partial charge in [0, 0.05) is 18.0 Å². The van der Waals surface area contributed by atoms with Crippen LogP contribution in [0.5, 0.6) is 0 Å². The van der Waals surface area contributed by atoms with Crippen LogP contribution in [-0.4, -0.2) is 27.1 Å². The molecule has 0 bridgehead atoms. The molecule has 2 atom stereocenters. The molecule has 0 saturated heterocycles. The Balaban J connectivity index is 1.79. The maximum absolute atomic E-state index is 11.6. The highest BCUT2D eigenvalue weighted by atomic mass is 16.4. The summed E-state index contributed by atoms with van der Waals surface area (Å²) in [6, 6.07) is 1.28. The van der Waals surface area contributed by atoms with E-state index in [0.29, 0.717) is 18.2 Å². The summed E-state index contributed by atoms with van der Waals surface area (Å²) in [7, 11) is 0. The molecule has 6 nitrogen and oxygen atoms in total. The number of rotatable bonds is 4. The highest BCUT2D eigenvalue weighted by molar-refractivity contribution is 5.72. The summed E-state index contributed by atoms with van der Waals surface area (Å²) < 4.78 is 0. The van der Waals surface area contributed by atoms with Crippen LogP contribution in [0.15, 0.2) is 10.9 Å². The van der Waals surface area contributed by atoms with Gasteiger partial charge in [0.2, 0.25) is 0 Å². The van der Waals surface area contributed by atoms with Crippen LogP contribution in [-0.2, 0) is 4.79 Å². The Kier molecular flexibility index (Phi) is 3.00. The zero-order valence-electron chi connectivity index (χ0n) is 10.6. The van der Waals surface area contributed by atoms with E-state index in [2.05, 4.69) is 15.3 Å². The quantitative estimate of drug-likeness (QED) is 0.761. The van der Waals surface area contributed by atoms with E-state index in [4.69, 9.17) is 5.11 Å². The first kappa shape index (κ1) is 12.2. The van der Waals surface area contributed by atoms with Gasteiger partial charge in [-0.2, -0.15) is 0 Å². The molecule has 102 valence electrons. The summed E-state index contributed by atoms with van der Waals surface area (Å²) in [6.07, 6.45) is 4.52. The van der Waals surface area contributed by atoms with Crippen LogP contribution >= 0.6 is 0 Å². The second-order valence-electron chi connectivity index (χ2n) is 5.42. The molecule has 0 spiro atoms. The minimum Gasteiger partial charge on any atom is -0.481 e. The molecule has 0 radical (unpaired) electrons. The third-order valence-corrected chi connectivity index (χ3v) is 3.89. The van der Waals surface area contributed by atoms with Gasteiger partial charge in [0.05, 0.1) is 5.92 Å². The number of aromatic amines is 1. The summed E-state index contributed by atoms with van der Waals surface area (Å²) in [4.78, 5) is 29.8. The van der Waals surface area contributed by atoms with Crippen LogP contribution in [0.2, 0.25) is 0 Å². The molecule has 0 aliphatic heterocycles. The van der Waals surface area contributed by atoms with Crippen LogP contribution in [0.25, 0.3) is 0 Å². The number of aromatic nitrogens is 2. The van der Waals surface area contributed by atoms with Gasteiger partial charge in [0.15, 0.2) is 0 Å². The van der Waals surface area contributed by atoms with Crippen molar-refractivity contribution in [3.05, 3.63) is 22.2 Å². The molecule has 1 aromatic rings. The fourth-order valence-electron chi connectivity index (χ4n) is 2.72. The van der Waals surface area contributed by atoms with Gasteiger partial charge in [-0.1, -0.05) is 6.42 Å². The van der Waals surface area contributed by atoms with E-state index in [0.717, 1.165) is 31.5 Å². The van der Waals surface area contributed by atoms with Crippen LogP contribution in [0.1, 0.15) is 43.8 Å². The van der Waals surface area contributed by atoms with Gasteiger partial charge >= 0.3 is 5.97 Å². The lowest BCUT2D eigenvalue weighted by Gasteiger charge is -2.18. The van der Waals surface area contributed by atoms with E-state index in [1.54, 1.807) is 0 Å². The molecule has 1 aromatic heterocycles. The number of hydrogen-bond acceptors (Lipinski definition) is 4. The molecule has 2 aliphatic rings. The van der Waals surface area contributed by atoms with E-state index in [1.165, 1.54) is 6.07 Å². The van der Waals surface area contributed by atoms with Gasteiger partial charge in [0.1, 0.15) is 11.6 Å². The Hall–Kier alpha value is -1.85. The average molecular weight is 263 g/mol. The predicted molar refractivity (Wildman–Crippen MR) is 69.2 cm³/mol.